The van der Waals surface area contributed by atoms with E-state index in [9.17, 15) is 4.79 Å². The van der Waals surface area contributed by atoms with Gasteiger partial charge in [-0.1, -0.05) is 44.9 Å². The minimum absolute atomic E-state index is 0.131. The number of hydrogen-bond acceptors (Lipinski definition) is 4. The molecule has 128 valence electrons. The molecular formula is C17H28N4OS. The quantitative estimate of drug-likeness (QED) is 0.859. The molecule has 1 aliphatic carbocycles. The molecule has 1 fully saturated rings. The maximum atomic E-state index is 12.3. The second-order valence-corrected chi connectivity index (χ2v) is 8.03. The first-order chi connectivity index (χ1) is 11.1. The van der Waals surface area contributed by atoms with Crippen molar-refractivity contribution < 1.29 is 4.79 Å². The number of carbonyl (C=O) groups is 1. The van der Waals surface area contributed by atoms with Gasteiger partial charge in [0, 0.05) is 19.0 Å². The summed E-state index contributed by atoms with van der Waals surface area (Å²) in [6, 6.07) is 0.336. The fraction of sp³-hybridized carbons (Fsp3) is 0.824. The summed E-state index contributed by atoms with van der Waals surface area (Å²) in [7, 11) is 0. The topological polar surface area (TPSA) is 59.8 Å². The number of thioether (sulfide) groups is 1. The molecule has 0 radical (unpaired) electrons. The van der Waals surface area contributed by atoms with Crippen LogP contribution in [0.15, 0.2) is 5.16 Å². The lowest BCUT2D eigenvalue weighted by Gasteiger charge is -2.34. The van der Waals surface area contributed by atoms with Crippen molar-refractivity contribution in [1.82, 2.24) is 20.1 Å². The van der Waals surface area contributed by atoms with Crippen LogP contribution in [0.4, 0.5) is 0 Å². The first-order valence-corrected chi connectivity index (χ1v) is 9.98. The van der Waals surface area contributed by atoms with E-state index in [0.29, 0.717) is 23.6 Å². The fourth-order valence-electron chi connectivity index (χ4n) is 3.73. The van der Waals surface area contributed by atoms with Crippen LogP contribution in [0.2, 0.25) is 0 Å². The number of aromatic nitrogens is 3. The Bertz CT molecular complexity index is 545. The lowest BCUT2D eigenvalue weighted by Crippen LogP contribution is -2.44. The van der Waals surface area contributed by atoms with Crippen molar-refractivity contribution in [3.63, 3.8) is 0 Å². The van der Waals surface area contributed by atoms with Crippen molar-refractivity contribution in [2.24, 2.45) is 11.8 Å². The Hall–Kier alpha value is -1.04. The average molecular weight is 337 g/mol. The minimum Gasteiger partial charge on any atom is -0.352 e. The molecule has 0 spiro atoms. The molecule has 0 aromatic carbocycles. The van der Waals surface area contributed by atoms with E-state index in [1.165, 1.54) is 43.9 Å². The van der Waals surface area contributed by atoms with Gasteiger partial charge in [0.15, 0.2) is 5.16 Å². The molecule has 1 aromatic heterocycles. The number of fused-ring (bicyclic) bond motifs is 1. The number of amides is 1. The number of nitrogens with one attached hydrogen (secondary N) is 1. The minimum atomic E-state index is 0.131. The number of carbonyl (C=O) groups excluding carboxylic acids is 1. The van der Waals surface area contributed by atoms with Crippen LogP contribution in [-0.2, 0) is 17.8 Å². The van der Waals surface area contributed by atoms with Crippen LogP contribution >= 0.6 is 11.8 Å². The van der Waals surface area contributed by atoms with E-state index in [2.05, 4.69) is 33.9 Å². The Kier molecular flexibility index (Phi) is 5.62. The zero-order valence-electron chi connectivity index (χ0n) is 14.3. The van der Waals surface area contributed by atoms with Gasteiger partial charge in [-0.3, -0.25) is 4.79 Å². The van der Waals surface area contributed by atoms with E-state index in [4.69, 9.17) is 0 Å². The second kappa shape index (κ2) is 7.69. The molecule has 3 atom stereocenters. The monoisotopic (exact) mass is 336 g/mol. The van der Waals surface area contributed by atoms with Crippen molar-refractivity contribution in [2.75, 3.05) is 5.75 Å². The van der Waals surface area contributed by atoms with E-state index < -0.39 is 0 Å². The predicted molar refractivity (Wildman–Crippen MR) is 92.4 cm³/mol. The van der Waals surface area contributed by atoms with E-state index in [1.54, 1.807) is 0 Å². The second-order valence-electron chi connectivity index (χ2n) is 7.09. The first kappa shape index (κ1) is 16.8. The van der Waals surface area contributed by atoms with E-state index >= 15 is 0 Å². The SMILES string of the molecule is C[C@@H]1[C@@H](C)CCC[C@H]1NC(=O)CSc1nnc2n1CCCCC2. The van der Waals surface area contributed by atoms with Gasteiger partial charge < -0.3 is 9.88 Å². The Labute approximate surface area is 143 Å². The first-order valence-electron chi connectivity index (χ1n) is 8.99. The van der Waals surface area contributed by atoms with Crippen molar-refractivity contribution >= 4 is 17.7 Å². The van der Waals surface area contributed by atoms with Crippen LogP contribution in [0.1, 0.15) is 58.2 Å². The molecule has 1 N–H and O–H groups in total. The summed E-state index contributed by atoms with van der Waals surface area (Å²) < 4.78 is 2.20. The Morgan fingerprint density at radius 3 is 2.96 bits per heavy atom. The number of nitrogens with zero attached hydrogens (tertiary/aromatic N) is 3. The summed E-state index contributed by atoms with van der Waals surface area (Å²) in [5.74, 6) is 2.93. The Balaban J connectivity index is 1.52. The van der Waals surface area contributed by atoms with E-state index in [0.717, 1.165) is 30.4 Å². The van der Waals surface area contributed by atoms with E-state index in [1.807, 2.05) is 0 Å². The van der Waals surface area contributed by atoms with Gasteiger partial charge in [0.2, 0.25) is 5.91 Å². The molecule has 23 heavy (non-hydrogen) atoms. The highest BCUT2D eigenvalue weighted by molar-refractivity contribution is 7.99. The molecule has 0 saturated heterocycles. The fourth-order valence-corrected chi connectivity index (χ4v) is 4.52. The molecule has 3 rings (SSSR count). The summed E-state index contributed by atoms with van der Waals surface area (Å²) in [6.45, 7) is 5.55. The summed E-state index contributed by atoms with van der Waals surface area (Å²) in [4.78, 5) is 12.3. The van der Waals surface area contributed by atoms with Gasteiger partial charge in [-0.05, 0) is 31.1 Å². The third-order valence-corrected chi connectivity index (χ3v) is 6.43. The van der Waals surface area contributed by atoms with Crippen molar-refractivity contribution in [2.45, 2.75) is 76.5 Å². The smallest absolute Gasteiger partial charge is 0.230 e. The van der Waals surface area contributed by atoms with Gasteiger partial charge in [0.05, 0.1) is 5.75 Å². The zero-order chi connectivity index (χ0) is 16.2. The number of hydrogen-bond donors (Lipinski definition) is 1. The number of rotatable bonds is 4. The lowest BCUT2D eigenvalue weighted by atomic mass is 9.78. The molecular weight excluding hydrogens is 308 g/mol. The number of aryl methyl sites for hydroxylation is 1. The van der Waals surface area contributed by atoms with Gasteiger partial charge >= 0.3 is 0 Å². The zero-order valence-corrected chi connectivity index (χ0v) is 15.1. The maximum Gasteiger partial charge on any atom is 0.230 e. The molecule has 5 nitrogen and oxygen atoms in total. The Morgan fingerprint density at radius 1 is 1.22 bits per heavy atom. The van der Waals surface area contributed by atoms with Crippen LogP contribution in [0, 0.1) is 11.8 Å². The van der Waals surface area contributed by atoms with Crippen molar-refractivity contribution in [3.05, 3.63) is 5.82 Å². The molecule has 1 saturated carbocycles. The molecule has 1 aliphatic heterocycles. The van der Waals surface area contributed by atoms with Gasteiger partial charge in [0.25, 0.3) is 0 Å². The summed E-state index contributed by atoms with van der Waals surface area (Å²) in [6.07, 6.45) is 8.27. The van der Waals surface area contributed by atoms with Crippen LogP contribution in [0.25, 0.3) is 0 Å². The van der Waals surface area contributed by atoms with Crippen LogP contribution in [0.3, 0.4) is 0 Å². The lowest BCUT2D eigenvalue weighted by molar-refractivity contribution is -0.120. The van der Waals surface area contributed by atoms with Crippen molar-refractivity contribution in [3.8, 4) is 0 Å². The Morgan fingerprint density at radius 2 is 2.09 bits per heavy atom. The highest BCUT2D eigenvalue weighted by Gasteiger charge is 2.28. The summed E-state index contributed by atoms with van der Waals surface area (Å²) in [5, 5.41) is 12.7. The molecule has 0 unspecified atom stereocenters. The van der Waals surface area contributed by atoms with E-state index in [-0.39, 0.29) is 5.91 Å². The van der Waals surface area contributed by atoms with Gasteiger partial charge in [0.1, 0.15) is 5.82 Å². The standard InChI is InChI=1S/C17H28N4OS/c1-12-7-6-8-14(13(12)2)18-16(22)11-23-17-20-19-15-9-4-3-5-10-21(15)17/h12-14H,3-11H2,1-2H3,(H,18,22)/t12-,13+,14+/m0/s1. The van der Waals surface area contributed by atoms with Gasteiger partial charge in [-0.25, -0.2) is 0 Å². The highest BCUT2D eigenvalue weighted by Crippen LogP contribution is 2.29. The molecule has 2 aliphatic rings. The molecule has 6 heteroatoms. The molecule has 1 aromatic rings. The van der Waals surface area contributed by atoms with Gasteiger partial charge in [-0.2, -0.15) is 0 Å². The van der Waals surface area contributed by atoms with Crippen molar-refractivity contribution in [1.29, 1.82) is 0 Å². The normalized spacial score (nSPS) is 28.0. The predicted octanol–water partition coefficient (Wildman–Crippen LogP) is 3.04. The van der Waals surface area contributed by atoms with Crippen LogP contribution in [0.5, 0.6) is 0 Å². The third kappa shape index (κ3) is 4.08. The summed E-state index contributed by atoms with van der Waals surface area (Å²) >= 11 is 1.53. The average Bonchev–Trinajstić information content (AvgIpc) is 2.76. The van der Waals surface area contributed by atoms with Crippen LogP contribution in [-0.4, -0.2) is 32.5 Å². The third-order valence-electron chi connectivity index (χ3n) is 5.46. The molecule has 2 heterocycles. The maximum absolute atomic E-state index is 12.3. The van der Waals surface area contributed by atoms with Crippen LogP contribution < -0.4 is 5.32 Å². The summed E-state index contributed by atoms with van der Waals surface area (Å²) in [5.41, 5.74) is 0. The molecule has 1 amide bonds. The van der Waals surface area contributed by atoms with Gasteiger partial charge in [-0.15, -0.1) is 10.2 Å². The molecule has 0 bridgehead atoms. The largest absolute Gasteiger partial charge is 0.352 e. The highest BCUT2D eigenvalue weighted by atomic mass is 32.2.